The van der Waals surface area contributed by atoms with Crippen molar-refractivity contribution in [2.75, 3.05) is 0 Å². The zero-order chi connectivity index (χ0) is 10.7. The molecule has 0 fully saturated rings. The summed E-state index contributed by atoms with van der Waals surface area (Å²) in [6.07, 6.45) is 1.78. The zero-order valence-corrected chi connectivity index (χ0v) is 10.8. The normalized spacial score (nSPS) is 10.5. The van der Waals surface area contributed by atoms with Gasteiger partial charge in [-0.2, -0.15) is 0 Å². The van der Waals surface area contributed by atoms with Gasteiger partial charge in [0.05, 0.1) is 10.8 Å². The van der Waals surface area contributed by atoms with Gasteiger partial charge in [0, 0.05) is 10.7 Å². The molecular weight excluding hydrogens is 298 g/mol. The first-order chi connectivity index (χ1) is 7.24. The predicted molar refractivity (Wildman–Crippen MR) is 65.2 cm³/mol. The molecule has 0 amide bonds. The predicted octanol–water partition coefficient (Wildman–Crippen LogP) is 4.38. The van der Waals surface area contributed by atoms with Crippen molar-refractivity contribution in [3.05, 3.63) is 45.9 Å². The molecule has 2 rings (SSSR count). The van der Waals surface area contributed by atoms with Gasteiger partial charge in [-0.25, -0.2) is 4.98 Å². The Bertz CT molecular complexity index is 443. The Labute approximate surface area is 105 Å². The van der Waals surface area contributed by atoms with E-state index in [1.807, 2.05) is 18.2 Å². The monoisotopic (exact) mass is 303 g/mol. The lowest BCUT2D eigenvalue weighted by Gasteiger charge is -1.98. The summed E-state index contributed by atoms with van der Waals surface area (Å²) in [5.41, 5.74) is 0. The van der Waals surface area contributed by atoms with Gasteiger partial charge in [0.1, 0.15) is 5.76 Å². The molecule has 0 aromatic carbocycles. The van der Waals surface area contributed by atoms with E-state index in [0.717, 1.165) is 21.0 Å². The van der Waals surface area contributed by atoms with E-state index in [0.29, 0.717) is 5.22 Å². The molecule has 2 heterocycles. The van der Waals surface area contributed by atoms with E-state index in [1.165, 1.54) is 0 Å². The third-order valence-electron chi connectivity index (χ3n) is 1.69. The second kappa shape index (κ2) is 5.05. The quantitative estimate of drug-likeness (QED) is 0.787. The summed E-state index contributed by atoms with van der Waals surface area (Å²) in [4.78, 5) is 4.24. The highest BCUT2D eigenvalue weighted by atomic mass is 79.9. The van der Waals surface area contributed by atoms with Gasteiger partial charge in [0.2, 0.25) is 0 Å². The maximum atomic E-state index is 5.67. The first kappa shape index (κ1) is 11.0. The zero-order valence-electron chi connectivity index (χ0n) is 7.61. The molecule has 0 saturated carbocycles. The minimum atomic E-state index is 0.425. The van der Waals surface area contributed by atoms with E-state index in [2.05, 4.69) is 20.9 Å². The van der Waals surface area contributed by atoms with Crippen LogP contribution in [0, 0.1) is 0 Å². The highest BCUT2D eigenvalue weighted by molar-refractivity contribution is 9.10. The minimum absolute atomic E-state index is 0.425. The average molecular weight is 305 g/mol. The van der Waals surface area contributed by atoms with Crippen LogP contribution < -0.4 is 0 Å². The molecule has 2 aromatic rings. The van der Waals surface area contributed by atoms with Crippen molar-refractivity contribution in [3.63, 3.8) is 0 Å². The van der Waals surface area contributed by atoms with Crippen LogP contribution in [0.4, 0.5) is 0 Å². The number of rotatable bonds is 3. The Hall–Kier alpha value is -0.450. The molecule has 0 radical (unpaired) electrons. The van der Waals surface area contributed by atoms with Crippen molar-refractivity contribution in [1.82, 2.24) is 4.98 Å². The van der Waals surface area contributed by atoms with Crippen LogP contribution in [0.1, 0.15) is 5.76 Å². The van der Waals surface area contributed by atoms with Crippen LogP contribution in [0.25, 0.3) is 0 Å². The first-order valence-electron chi connectivity index (χ1n) is 4.22. The smallest absolute Gasteiger partial charge is 0.193 e. The standard InChI is InChI=1S/C10H7BrClNOS/c11-7-1-4-10(13-5-7)15-6-8-2-3-9(12)14-8/h1-5H,6H2. The Kier molecular flexibility index (Phi) is 3.72. The Morgan fingerprint density at radius 1 is 1.33 bits per heavy atom. The summed E-state index contributed by atoms with van der Waals surface area (Å²) < 4.78 is 6.22. The SMILES string of the molecule is Clc1ccc(CSc2ccc(Br)cn2)o1. The number of furan rings is 1. The molecule has 0 aliphatic carbocycles. The van der Waals surface area contributed by atoms with E-state index in [9.17, 15) is 0 Å². The van der Waals surface area contributed by atoms with Gasteiger partial charge < -0.3 is 4.42 Å². The van der Waals surface area contributed by atoms with Crippen molar-refractivity contribution >= 4 is 39.3 Å². The number of pyridine rings is 1. The molecule has 0 aliphatic rings. The van der Waals surface area contributed by atoms with Crippen LogP contribution in [0.15, 0.2) is 44.4 Å². The van der Waals surface area contributed by atoms with Crippen LogP contribution in [-0.4, -0.2) is 4.98 Å². The van der Waals surface area contributed by atoms with Crippen molar-refractivity contribution < 1.29 is 4.42 Å². The Morgan fingerprint density at radius 2 is 2.20 bits per heavy atom. The Morgan fingerprint density at radius 3 is 2.80 bits per heavy atom. The third-order valence-corrected chi connectivity index (χ3v) is 3.33. The van der Waals surface area contributed by atoms with Crippen LogP contribution in [0.3, 0.4) is 0 Å². The van der Waals surface area contributed by atoms with Gasteiger partial charge >= 0.3 is 0 Å². The lowest BCUT2D eigenvalue weighted by Crippen LogP contribution is -1.80. The molecule has 2 aromatic heterocycles. The molecule has 0 saturated heterocycles. The molecule has 2 nitrogen and oxygen atoms in total. The molecule has 78 valence electrons. The highest BCUT2D eigenvalue weighted by Gasteiger charge is 2.01. The number of thioether (sulfide) groups is 1. The Balaban J connectivity index is 1.96. The largest absolute Gasteiger partial charge is 0.449 e. The maximum Gasteiger partial charge on any atom is 0.193 e. The highest BCUT2D eigenvalue weighted by Crippen LogP contribution is 2.24. The van der Waals surface area contributed by atoms with E-state index < -0.39 is 0 Å². The minimum Gasteiger partial charge on any atom is -0.449 e. The molecule has 5 heteroatoms. The van der Waals surface area contributed by atoms with Crippen molar-refractivity contribution in [2.24, 2.45) is 0 Å². The van der Waals surface area contributed by atoms with E-state index in [-0.39, 0.29) is 0 Å². The molecule has 0 atom stereocenters. The van der Waals surface area contributed by atoms with E-state index in [4.69, 9.17) is 16.0 Å². The summed E-state index contributed by atoms with van der Waals surface area (Å²) in [6.45, 7) is 0. The summed E-state index contributed by atoms with van der Waals surface area (Å²) in [5.74, 6) is 1.59. The summed E-state index contributed by atoms with van der Waals surface area (Å²) in [5, 5.41) is 1.39. The maximum absolute atomic E-state index is 5.67. The van der Waals surface area contributed by atoms with Crippen LogP contribution in [0.2, 0.25) is 5.22 Å². The van der Waals surface area contributed by atoms with Crippen molar-refractivity contribution in [1.29, 1.82) is 0 Å². The number of halogens is 2. The fourth-order valence-corrected chi connectivity index (χ4v) is 2.16. The molecule has 0 N–H and O–H groups in total. The summed E-state index contributed by atoms with van der Waals surface area (Å²) >= 11 is 10.6. The van der Waals surface area contributed by atoms with Crippen molar-refractivity contribution in [3.8, 4) is 0 Å². The molecule has 15 heavy (non-hydrogen) atoms. The fraction of sp³-hybridized carbons (Fsp3) is 0.100. The molecular formula is C10H7BrClNOS. The van der Waals surface area contributed by atoms with Crippen LogP contribution >= 0.6 is 39.3 Å². The third kappa shape index (κ3) is 3.26. The lowest BCUT2D eigenvalue weighted by atomic mass is 10.5. The lowest BCUT2D eigenvalue weighted by molar-refractivity contribution is 0.532. The molecule has 0 unspecified atom stereocenters. The molecule has 0 bridgehead atoms. The number of nitrogens with zero attached hydrogens (tertiary/aromatic N) is 1. The van der Waals surface area contributed by atoms with Crippen molar-refractivity contribution in [2.45, 2.75) is 10.8 Å². The van der Waals surface area contributed by atoms with Gasteiger partial charge in [0.25, 0.3) is 0 Å². The fourth-order valence-electron chi connectivity index (χ4n) is 1.02. The average Bonchev–Trinajstić information content (AvgIpc) is 2.64. The van der Waals surface area contributed by atoms with Crippen LogP contribution in [0.5, 0.6) is 0 Å². The first-order valence-corrected chi connectivity index (χ1v) is 6.38. The second-order valence-electron chi connectivity index (χ2n) is 2.81. The van der Waals surface area contributed by atoms with E-state index in [1.54, 1.807) is 24.0 Å². The number of hydrogen-bond donors (Lipinski definition) is 0. The molecule has 0 spiro atoms. The number of aromatic nitrogens is 1. The van der Waals surface area contributed by atoms with Crippen LogP contribution in [-0.2, 0) is 5.75 Å². The van der Waals surface area contributed by atoms with Gasteiger partial charge in [-0.3, -0.25) is 0 Å². The van der Waals surface area contributed by atoms with Gasteiger partial charge in [-0.1, -0.05) is 11.8 Å². The van der Waals surface area contributed by atoms with Gasteiger partial charge in [-0.05, 0) is 51.8 Å². The van der Waals surface area contributed by atoms with Gasteiger partial charge in [-0.15, -0.1) is 0 Å². The second-order valence-corrected chi connectivity index (χ2v) is 5.09. The van der Waals surface area contributed by atoms with E-state index >= 15 is 0 Å². The van der Waals surface area contributed by atoms with Gasteiger partial charge in [0.15, 0.2) is 5.22 Å². The summed E-state index contributed by atoms with van der Waals surface area (Å²) in [7, 11) is 0. The summed E-state index contributed by atoms with van der Waals surface area (Å²) in [6, 6.07) is 7.53. The number of hydrogen-bond acceptors (Lipinski definition) is 3. The molecule has 0 aliphatic heterocycles. The topological polar surface area (TPSA) is 26.0 Å².